The van der Waals surface area contributed by atoms with E-state index in [9.17, 15) is 4.39 Å². The van der Waals surface area contributed by atoms with Crippen LogP contribution in [0.4, 0.5) is 10.3 Å². The van der Waals surface area contributed by atoms with Gasteiger partial charge in [-0.25, -0.2) is 14.4 Å². The summed E-state index contributed by atoms with van der Waals surface area (Å²) in [5.74, 6) is 1.16. The third-order valence-electron chi connectivity index (χ3n) is 6.73. The van der Waals surface area contributed by atoms with Crippen molar-refractivity contribution in [2.75, 3.05) is 31.1 Å². The predicted molar refractivity (Wildman–Crippen MR) is 95.6 cm³/mol. The molecule has 2 atom stereocenters. The Kier molecular flexibility index (Phi) is 5.38. The summed E-state index contributed by atoms with van der Waals surface area (Å²) in [7, 11) is 0. The minimum absolute atomic E-state index is 0.371. The van der Waals surface area contributed by atoms with E-state index in [0.29, 0.717) is 11.4 Å². The van der Waals surface area contributed by atoms with Gasteiger partial charge in [0.15, 0.2) is 5.82 Å². The molecule has 1 saturated carbocycles. The molecule has 1 aromatic rings. The Morgan fingerprint density at radius 1 is 1.08 bits per heavy atom. The lowest BCUT2D eigenvalue weighted by atomic mass is 9.72. The summed E-state index contributed by atoms with van der Waals surface area (Å²) >= 11 is 0. The summed E-state index contributed by atoms with van der Waals surface area (Å²) in [5.41, 5.74) is 0.512. The molecule has 4 nitrogen and oxygen atoms in total. The molecule has 24 heavy (non-hydrogen) atoms. The minimum atomic E-state index is -0.371. The number of nitrogens with zero attached hydrogens (tertiary/aromatic N) is 4. The Morgan fingerprint density at radius 2 is 1.71 bits per heavy atom. The van der Waals surface area contributed by atoms with Gasteiger partial charge in [-0.1, -0.05) is 33.6 Å². The number of halogens is 1. The fourth-order valence-electron chi connectivity index (χ4n) is 4.51. The monoisotopic (exact) mass is 334 g/mol. The van der Waals surface area contributed by atoms with Crippen molar-refractivity contribution in [3.63, 3.8) is 0 Å². The summed E-state index contributed by atoms with van der Waals surface area (Å²) < 4.78 is 13.0. The highest BCUT2D eigenvalue weighted by Gasteiger charge is 2.39. The SMILES string of the molecule is CCC(C)(CC)C1CC[C@@H](N2CCN(c3ncc(F)cn3)CC2)C1. The van der Waals surface area contributed by atoms with Gasteiger partial charge in [0.2, 0.25) is 5.95 Å². The topological polar surface area (TPSA) is 32.3 Å². The number of hydrogen-bond donors (Lipinski definition) is 0. The first-order valence-electron chi connectivity index (χ1n) is 9.52. The molecule has 134 valence electrons. The second-order valence-corrected chi connectivity index (χ2v) is 7.75. The molecule has 1 unspecified atom stereocenters. The van der Waals surface area contributed by atoms with Gasteiger partial charge in [0.1, 0.15) is 0 Å². The van der Waals surface area contributed by atoms with Crippen molar-refractivity contribution in [1.29, 1.82) is 0 Å². The second-order valence-electron chi connectivity index (χ2n) is 7.75. The highest BCUT2D eigenvalue weighted by molar-refractivity contribution is 5.29. The zero-order chi connectivity index (χ0) is 17.2. The van der Waals surface area contributed by atoms with E-state index in [1.54, 1.807) is 0 Å². The van der Waals surface area contributed by atoms with Crippen molar-refractivity contribution in [3.8, 4) is 0 Å². The molecule has 0 amide bonds. The first-order chi connectivity index (χ1) is 11.6. The fraction of sp³-hybridized carbons (Fsp3) is 0.789. The summed E-state index contributed by atoms with van der Waals surface area (Å²) in [6, 6.07) is 0.740. The molecule has 3 rings (SSSR count). The molecule has 0 spiro atoms. The van der Waals surface area contributed by atoms with Crippen LogP contribution in [-0.2, 0) is 0 Å². The number of rotatable bonds is 5. The molecule has 2 heterocycles. The third kappa shape index (κ3) is 3.56. The lowest BCUT2D eigenvalue weighted by molar-refractivity contribution is 0.142. The van der Waals surface area contributed by atoms with Gasteiger partial charge in [0.25, 0.3) is 0 Å². The van der Waals surface area contributed by atoms with Crippen molar-refractivity contribution in [2.24, 2.45) is 11.3 Å². The van der Waals surface area contributed by atoms with Crippen molar-refractivity contribution in [3.05, 3.63) is 18.2 Å². The summed E-state index contributed by atoms with van der Waals surface area (Å²) in [6.07, 6.45) is 9.16. The van der Waals surface area contributed by atoms with Crippen LogP contribution >= 0.6 is 0 Å². The van der Waals surface area contributed by atoms with Crippen LogP contribution in [0.5, 0.6) is 0 Å². The Bertz CT molecular complexity index is 521. The van der Waals surface area contributed by atoms with E-state index >= 15 is 0 Å². The zero-order valence-electron chi connectivity index (χ0n) is 15.3. The van der Waals surface area contributed by atoms with E-state index in [2.05, 4.69) is 40.5 Å². The number of hydrogen-bond acceptors (Lipinski definition) is 4. The molecular formula is C19H31FN4. The minimum Gasteiger partial charge on any atom is -0.338 e. The molecule has 2 fully saturated rings. The second kappa shape index (κ2) is 7.34. The molecule has 5 heteroatoms. The molecule has 2 aliphatic rings. The van der Waals surface area contributed by atoms with E-state index in [-0.39, 0.29) is 5.82 Å². The Hall–Kier alpha value is -1.23. The number of aromatic nitrogens is 2. The summed E-state index contributed by atoms with van der Waals surface area (Å²) in [4.78, 5) is 13.1. The molecule has 1 saturated heterocycles. The zero-order valence-corrected chi connectivity index (χ0v) is 15.3. The van der Waals surface area contributed by atoms with Gasteiger partial charge in [0, 0.05) is 32.2 Å². The van der Waals surface area contributed by atoms with Gasteiger partial charge in [-0.05, 0) is 30.6 Å². The molecule has 0 aromatic carbocycles. The Balaban J connectivity index is 1.53. The molecule has 0 bridgehead atoms. The van der Waals surface area contributed by atoms with Gasteiger partial charge >= 0.3 is 0 Å². The maximum Gasteiger partial charge on any atom is 0.225 e. The highest BCUT2D eigenvalue weighted by Crippen LogP contribution is 2.45. The van der Waals surface area contributed by atoms with Crippen LogP contribution in [0.25, 0.3) is 0 Å². The van der Waals surface area contributed by atoms with Gasteiger partial charge in [-0.3, -0.25) is 4.90 Å². The van der Waals surface area contributed by atoms with E-state index < -0.39 is 0 Å². The van der Waals surface area contributed by atoms with E-state index in [0.717, 1.165) is 38.1 Å². The van der Waals surface area contributed by atoms with Crippen molar-refractivity contribution < 1.29 is 4.39 Å². The average Bonchev–Trinajstić information content (AvgIpc) is 3.13. The van der Waals surface area contributed by atoms with E-state index in [1.807, 2.05) is 0 Å². The van der Waals surface area contributed by atoms with Gasteiger partial charge < -0.3 is 4.90 Å². The third-order valence-corrected chi connectivity index (χ3v) is 6.73. The molecule has 0 radical (unpaired) electrons. The molecule has 1 aromatic heterocycles. The van der Waals surface area contributed by atoms with Gasteiger partial charge in [-0.2, -0.15) is 0 Å². The Morgan fingerprint density at radius 3 is 2.29 bits per heavy atom. The quantitative estimate of drug-likeness (QED) is 0.821. The van der Waals surface area contributed by atoms with E-state index in [1.165, 1.54) is 44.5 Å². The standard InChI is InChI=1S/C19H31FN4/c1-4-19(3,5-2)15-6-7-17(12-15)23-8-10-24(11-9-23)18-21-13-16(20)14-22-18/h13-15,17H,4-12H2,1-3H3/t15?,17-/m1/s1. The fourth-order valence-corrected chi connectivity index (χ4v) is 4.51. The largest absolute Gasteiger partial charge is 0.338 e. The van der Waals surface area contributed by atoms with Crippen molar-refractivity contribution >= 4 is 5.95 Å². The van der Waals surface area contributed by atoms with Gasteiger partial charge in [-0.15, -0.1) is 0 Å². The summed E-state index contributed by atoms with van der Waals surface area (Å²) in [5, 5.41) is 0. The first kappa shape index (κ1) is 17.6. The summed E-state index contributed by atoms with van der Waals surface area (Å²) in [6.45, 7) is 11.2. The maximum absolute atomic E-state index is 13.0. The molecule has 0 N–H and O–H groups in total. The normalized spacial score (nSPS) is 26.1. The Labute approximate surface area is 145 Å². The smallest absolute Gasteiger partial charge is 0.225 e. The number of anilines is 1. The molecule has 1 aliphatic heterocycles. The van der Waals surface area contributed by atoms with Crippen molar-refractivity contribution in [1.82, 2.24) is 14.9 Å². The van der Waals surface area contributed by atoms with Crippen LogP contribution in [-0.4, -0.2) is 47.1 Å². The first-order valence-corrected chi connectivity index (χ1v) is 9.52. The maximum atomic E-state index is 13.0. The van der Waals surface area contributed by atoms with Gasteiger partial charge in [0.05, 0.1) is 12.4 Å². The van der Waals surface area contributed by atoms with Crippen LogP contribution in [0.1, 0.15) is 52.9 Å². The van der Waals surface area contributed by atoms with Crippen LogP contribution in [0, 0.1) is 17.2 Å². The van der Waals surface area contributed by atoms with Crippen LogP contribution in [0.15, 0.2) is 12.4 Å². The number of piperazine rings is 1. The van der Waals surface area contributed by atoms with Crippen LogP contribution in [0.2, 0.25) is 0 Å². The van der Waals surface area contributed by atoms with Crippen LogP contribution < -0.4 is 4.90 Å². The predicted octanol–water partition coefficient (Wildman–Crippen LogP) is 3.73. The van der Waals surface area contributed by atoms with Crippen LogP contribution in [0.3, 0.4) is 0 Å². The lowest BCUT2D eigenvalue weighted by Crippen LogP contribution is -2.50. The van der Waals surface area contributed by atoms with Crippen molar-refractivity contribution in [2.45, 2.75) is 58.9 Å². The average molecular weight is 334 g/mol. The molecular weight excluding hydrogens is 303 g/mol. The highest BCUT2D eigenvalue weighted by atomic mass is 19.1. The lowest BCUT2D eigenvalue weighted by Gasteiger charge is -2.39. The molecule has 1 aliphatic carbocycles. The van der Waals surface area contributed by atoms with E-state index in [4.69, 9.17) is 0 Å².